The highest BCUT2D eigenvalue weighted by Crippen LogP contribution is 2.30. The summed E-state index contributed by atoms with van der Waals surface area (Å²) in [5, 5.41) is 29.5. The van der Waals surface area contributed by atoms with E-state index in [0.717, 1.165) is 6.07 Å². The van der Waals surface area contributed by atoms with Gasteiger partial charge in [-0.25, -0.2) is 0 Å². The number of anilines is 1. The van der Waals surface area contributed by atoms with Gasteiger partial charge in [0.2, 0.25) is 3.79 Å². The third-order valence-electron chi connectivity index (χ3n) is 3.58. The smallest absolute Gasteiger partial charge is 0.282 e. The van der Waals surface area contributed by atoms with E-state index in [-0.39, 0.29) is 16.2 Å². The monoisotopic (exact) mass is 489 g/mol. The molecule has 9 nitrogen and oxygen atoms in total. The number of amides is 1. The van der Waals surface area contributed by atoms with E-state index >= 15 is 0 Å². The number of aromatic carboxylic acids is 1. The van der Waals surface area contributed by atoms with Crippen LogP contribution in [0.3, 0.4) is 0 Å². The van der Waals surface area contributed by atoms with Crippen LogP contribution in [0.25, 0.3) is 0 Å². The number of halogens is 3. The Kier molecular flexibility index (Phi) is 7.79. The quantitative estimate of drug-likeness (QED) is 0.185. The second kappa shape index (κ2) is 9.90. The van der Waals surface area contributed by atoms with Gasteiger partial charge in [0.1, 0.15) is 11.7 Å². The molecule has 2 rings (SSSR count). The standard InChI is InChI=1S/C17H13Cl3N4O5S/c18-17(19,20)15(22-13(25)11-6-1-2-7-12(11)24(28)29)23-16(30)21-10-5-3-4-9(8-10)14(26)27/h1-8,15H,(H,22,25)(H,26,27)(H2,21,23,30)/p-1/t15-/m0/s1. The summed E-state index contributed by atoms with van der Waals surface area (Å²) in [6, 6.07) is 10.8. The number of carbonyl (C=O) groups is 2. The maximum absolute atomic E-state index is 12.5. The van der Waals surface area contributed by atoms with E-state index in [1.165, 1.54) is 42.5 Å². The number of carboxylic acids is 1. The number of thiocarbonyl (C=S) groups is 1. The number of carbonyl (C=O) groups excluding carboxylic acids is 2. The van der Waals surface area contributed by atoms with Gasteiger partial charge in [0, 0.05) is 11.8 Å². The van der Waals surface area contributed by atoms with Gasteiger partial charge in [-0.05, 0) is 36.0 Å². The van der Waals surface area contributed by atoms with E-state index in [0.29, 0.717) is 5.69 Å². The number of hydrogen-bond acceptors (Lipinski definition) is 6. The first-order valence-corrected chi connectivity index (χ1v) is 9.53. The van der Waals surface area contributed by atoms with E-state index < -0.39 is 32.4 Å². The molecule has 0 aliphatic rings. The van der Waals surface area contributed by atoms with Crippen molar-refractivity contribution < 1.29 is 19.6 Å². The van der Waals surface area contributed by atoms with E-state index in [4.69, 9.17) is 47.0 Å². The van der Waals surface area contributed by atoms with E-state index in [9.17, 15) is 24.8 Å². The molecule has 0 bridgehead atoms. The Morgan fingerprint density at radius 2 is 1.73 bits per heavy atom. The molecule has 158 valence electrons. The summed E-state index contributed by atoms with van der Waals surface area (Å²) < 4.78 is -2.10. The van der Waals surface area contributed by atoms with Crippen LogP contribution in [0.5, 0.6) is 0 Å². The van der Waals surface area contributed by atoms with Crippen molar-refractivity contribution in [1.82, 2.24) is 10.6 Å². The first kappa shape index (κ1) is 23.6. The third-order valence-corrected chi connectivity index (χ3v) is 4.45. The van der Waals surface area contributed by atoms with E-state index in [1.807, 2.05) is 0 Å². The predicted molar refractivity (Wildman–Crippen MR) is 115 cm³/mol. The van der Waals surface area contributed by atoms with Crippen LogP contribution in [0.15, 0.2) is 48.5 Å². The summed E-state index contributed by atoms with van der Waals surface area (Å²) in [6.45, 7) is 0. The molecule has 2 aromatic rings. The molecule has 0 unspecified atom stereocenters. The van der Waals surface area contributed by atoms with E-state index in [1.54, 1.807) is 0 Å². The Morgan fingerprint density at radius 3 is 2.33 bits per heavy atom. The number of alkyl halides is 3. The fraction of sp³-hybridized carbons (Fsp3) is 0.118. The van der Waals surface area contributed by atoms with Crippen LogP contribution in [-0.2, 0) is 0 Å². The minimum atomic E-state index is -2.10. The van der Waals surface area contributed by atoms with Gasteiger partial charge in [-0.2, -0.15) is 0 Å². The highest BCUT2D eigenvalue weighted by atomic mass is 35.6. The molecule has 0 aliphatic carbocycles. The fourth-order valence-electron chi connectivity index (χ4n) is 2.26. The lowest BCUT2D eigenvalue weighted by atomic mass is 10.1. The molecule has 0 heterocycles. The molecule has 0 aromatic heterocycles. The van der Waals surface area contributed by atoms with Crippen LogP contribution < -0.4 is 21.1 Å². The number of para-hydroxylation sites is 1. The maximum atomic E-state index is 12.5. The molecule has 0 saturated carbocycles. The molecule has 1 amide bonds. The van der Waals surface area contributed by atoms with Gasteiger partial charge in [0.25, 0.3) is 11.6 Å². The second-order valence-corrected chi connectivity index (χ2v) is 8.47. The summed E-state index contributed by atoms with van der Waals surface area (Å²) in [5.41, 5.74) is -0.477. The van der Waals surface area contributed by atoms with Crippen LogP contribution in [0, 0.1) is 10.1 Å². The number of nitrogens with one attached hydrogen (secondary N) is 3. The van der Waals surface area contributed by atoms with Crippen molar-refractivity contribution in [3.63, 3.8) is 0 Å². The average molecular weight is 491 g/mol. The van der Waals surface area contributed by atoms with Gasteiger partial charge in [0.15, 0.2) is 5.11 Å². The average Bonchev–Trinajstić information content (AvgIpc) is 2.66. The molecular weight excluding hydrogens is 479 g/mol. The maximum Gasteiger partial charge on any atom is 0.282 e. The van der Waals surface area contributed by atoms with Crippen molar-refractivity contribution in [1.29, 1.82) is 0 Å². The molecule has 0 spiro atoms. The van der Waals surface area contributed by atoms with E-state index in [2.05, 4.69) is 16.0 Å². The van der Waals surface area contributed by atoms with Crippen LogP contribution >= 0.6 is 47.0 Å². The first-order valence-electron chi connectivity index (χ1n) is 7.99. The Morgan fingerprint density at radius 1 is 1.07 bits per heavy atom. The van der Waals surface area contributed by atoms with Gasteiger partial charge in [-0.1, -0.05) is 59.1 Å². The normalized spacial score (nSPS) is 11.8. The van der Waals surface area contributed by atoms with Crippen molar-refractivity contribution in [2.24, 2.45) is 0 Å². The summed E-state index contributed by atoms with van der Waals surface area (Å²) in [4.78, 5) is 33.9. The summed E-state index contributed by atoms with van der Waals surface area (Å²) in [5.74, 6) is -2.26. The van der Waals surface area contributed by atoms with Gasteiger partial charge in [-0.3, -0.25) is 14.9 Å². The Bertz CT molecular complexity index is 999. The molecule has 30 heavy (non-hydrogen) atoms. The summed E-state index contributed by atoms with van der Waals surface area (Å²) >= 11 is 22.8. The molecule has 1 atom stereocenters. The zero-order valence-electron chi connectivity index (χ0n) is 14.7. The van der Waals surface area contributed by atoms with Crippen molar-refractivity contribution >= 4 is 75.4 Å². The minimum absolute atomic E-state index is 0.0922. The zero-order valence-corrected chi connectivity index (χ0v) is 17.8. The van der Waals surface area contributed by atoms with Crippen LogP contribution in [0.1, 0.15) is 20.7 Å². The van der Waals surface area contributed by atoms with Gasteiger partial charge >= 0.3 is 0 Å². The van der Waals surface area contributed by atoms with Gasteiger partial charge < -0.3 is 25.9 Å². The number of nitrogens with zero attached hydrogens (tertiary/aromatic N) is 1. The number of hydrogen-bond donors (Lipinski definition) is 3. The Balaban J connectivity index is 2.16. The molecule has 0 aliphatic heterocycles. The van der Waals surface area contributed by atoms with Crippen molar-refractivity contribution in [3.05, 3.63) is 69.8 Å². The van der Waals surface area contributed by atoms with Gasteiger partial charge in [0.05, 0.1) is 10.9 Å². The lowest BCUT2D eigenvalue weighted by Crippen LogP contribution is -2.56. The van der Waals surface area contributed by atoms with Crippen molar-refractivity contribution in [2.45, 2.75) is 9.96 Å². The fourth-order valence-corrected chi connectivity index (χ4v) is 2.82. The summed E-state index contributed by atoms with van der Waals surface area (Å²) in [6.07, 6.45) is -1.39. The predicted octanol–water partition coefficient (Wildman–Crippen LogP) is 2.37. The lowest BCUT2D eigenvalue weighted by Gasteiger charge is -2.27. The Labute approximate surface area is 190 Å². The largest absolute Gasteiger partial charge is 0.545 e. The van der Waals surface area contributed by atoms with Crippen LogP contribution in [0.2, 0.25) is 0 Å². The molecule has 3 N–H and O–H groups in total. The molecule has 13 heteroatoms. The Hall–Kier alpha value is -2.66. The van der Waals surface area contributed by atoms with Crippen LogP contribution in [-0.4, -0.2) is 31.9 Å². The highest BCUT2D eigenvalue weighted by molar-refractivity contribution is 7.80. The number of nitro benzene ring substituents is 1. The van der Waals surface area contributed by atoms with Crippen molar-refractivity contribution in [2.75, 3.05) is 5.32 Å². The topological polar surface area (TPSA) is 136 Å². The SMILES string of the molecule is O=C([O-])c1cccc(NC(=S)N[C@H](NC(=O)c2ccccc2[N+](=O)[O-])C(Cl)(Cl)Cl)c1. The van der Waals surface area contributed by atoms with Crippen molar-refractivity contribution in [3.8, 4) is 0 Å². The molecule has 0 radical (unpaired) electrons. The number of carboxylic acid groups (broad SMARTS) is 1. The first-order chi connectivity index (χ1) is 14.0. The van der Waals surface area contributed by atoms with Gasteiger partial charge in [-0.15, -0.1) is 0 Å². The molecule has 2 aromatic carbocycles. The zero-order chi connectivity index (χ0) is 22.5. The lowest BCUT2D eigenvalue weighted by molar-refractivity contribution is -0.385. The summed E-state index contributed by atoms with van der Waals surface area (Å²) in [7, 11) is 0. The minimum Gasteiger partial charge on any atom is -0.545 e. The molecule has 0 fully saturated rings. The third kappa shape index (κ3) is 6.42. The number of rotatable bonds is 6. The highest BCUT2D eigenvalue weighted by Gasteiger charge is 2.36. The number of benzene rings is 2. The number of nitro groups is 1. The molecule has 0 saturated heterocycles. The molecular formula is C17H12Cl3N4O5S-. The van der Waals surface area contributed by atoms with Crippen LogP contribution in [0.4, 0.5) is 11.4 Å². The second-order valence-electron chi connectivity index (χ2n) is 5.69.